The number of hydrogen-bond donors (Lipinski definition) is 2. The summed E-state index contributed by atoms with van der Waals surface area (Å²) < 4.78 is 76.8. The molecular formula is C16H14Cl2F6N6O2. The van der Waals surface area contributed by atoms with Crippen LogP contribution >= 0.6 is 23.2 Å². The van der Waals surface area contributed by atoms with E-state index in [-0.39, 0.29) is 48.1 Å². The summed E-state index contributed by atoms with van der Waals surface area (Å²) in [7, 11) is 0. The van der Waals surface area contributed by atoms with Crippen molar-refractivity contribution < 1.29 is 26.3 Å². The van der Waals surface area contributed by atoms with Crippen molar-refractivity contribution in [3.05, 3.63) is 43.1 Å². The lowest BCUT2D eigenvalue weighted by Crippen LogP contribution is -2.43. The van der Waals surface area contributed by atoms with Crippen LogP contribution in [-0.4, -0.2) is 43.5 Å². The van der Waals surface area contributed by atoms with Gasteiger partial charge in [0.05, 0.1) is 0 Å². The van der Waals surface area contributed by atoms with Gasteiger partial charge in [-0.2, -0.15) is 26.3 Å². The number of anilines is 2. The van der Waals surface area contributed by atoms with Gasteiger partial charge >= 0.3 is 12.4 Å². The molecule has 0 bridgehead atoms. The van der Waals surface area contributed by atoms with Crippen LogP contribution in [0.15, 0.2) is 21.7 Å². The van der Waals surface area contributed by atoms with Crippen LogP contribution in [0.3, 0.4) is 0 Å². The Bertz CT molecular complexity index is 1030. The molecule has 2 aromatic heterocycles. The summed E-state index contributed by atoms with van der Waals surface area (Å²) in [4.78, 5) is 30.0. The highest BCUT2D eigenvalue weighted by Gasteiger charge is 2.42. The van der Waals surface area contributed by atoms with Crippen molar-refractivity contribution in [1.82, 2.24) is 19.1 Å². The van der Waals surface area contributed by atoms with E-state index in [4.69, 9.17) is 23.2 Å². The van der Waals surface area contributed by atoms with Crippen molar-refractivity contribution in [1.29, 1.82) is 0 Å². The van der Waals surface area contributed by atoms with Crippen LogP contribution in [0.25, 0.3) is 0 Å². The fourth-order valence-corrected chi connectivity index (χ4v) is 3.42. The van der Waals surface area contributed by atoms with Crippen molar-refractivity contribution in [3.63, 3.8) is 0 Å². The van der Waals surface area contributed by atoms with Gasteiger partial charge < -0.3 is 10.6 Å². The number of nitrogens with one attached hydrogen (secondary N) is 2. The fourth-order valence-electron chi connectivity index (χ4n) is 3.07. The van der Waals surface area contributed by atoms with Crippen LogP contribution in [0.2, 0.25) is 10.3 Å². The summed E-state index contributed by atoms with van der Waals surface area (Å²) in [6.07, 6.45) is -9.10. The average Bonchev–Trinajstić information content (AvgIpc) is 2.66. The first-order chi connectivity index (χ1) is 14.8. The standard InChI is InChI=1S/2C8H7ClF3N3O/c2*9-5-3-6(16)15-2-1-4(8(10,11)12)13-7(15)14-5/h2*3-4H,1-2H2,(H,13,14)/t2*4-/m10/s1. The number of halogens is 8. The van der Waals surface area contributed by atoms with Gasteiger partial charge in [0.25, 0.3) is 11.1 Å². The van der Waals surface area contributed by atoms with Gasteiger partial charge in [-0.25, -0.2) is 9.97 Å². The first-order valence-corrected chi connectivity index (χ1v) is 9.72. The Balaban J connectivity index is 0.000000181. The number of aromatic nitrogens is 4. The molecule has 4 rings (SSSR count). The molecule has 0 radical (unpaired) electrons. The van der Waals surface area contributed by atoms with Gasteiger partial charge in [0.15, 0.2) is 0 Å². The molecule has 0 amide bonds. The molecule has 0 aliphatic carbocycles. The number of rotatable bonds is 0. The van der Waals surface area contributed by atoms with Gasteiger partial charge in [-0.05, 0) is 12.8 Å². The average molecular weight is 507 g/mol. The summed E-state index contributed by atoms with van der Waals surface area (Å²) in [5, 5.41) is 4.08. The zero-order valence-corrected chi connectivity index (χ0v) is 17.3. The number of alkyl halides is 6. The van der Waals surface area contributed by atoms with E-state index in [0.717, 1.165) is 21.3 Å². The topological polar surface area (TPSA) is 93.8 Å². The third-order valence-electron chi connectivity index (χ3n) is 4.63. The maximum atomic E-state index is 12.4. The fraction of sp³-hybridized carbons (Fsp3) is 0.500. The maximum Gasteiger partial charge on any atom is 0.408 e. The molecule has 0 aromatic carbocycles. The molecule has 16 heteroatoms. The van der Waals surface area contributed by atoms with Gasteiger partial charge in [0.1, 0.15) is 22.4 Å². The zero-order chi connectivity index (χ0) is 23.8. The summed E-state index contributed by atoms with van der Waals surface area (Å²) >= 11 is 11.0. The van der Waals surface area contributed by atoms with Gasteiger partial charge in [-0.3, -0.25) is 18.7 Å². The van der Waals surface area contributed by atoms with E-state index in [2.05, 4.69) is 20.6 Å². The first-order valence-electron chi connectivity index (χ1n) is 8.97. The Morgan fingerprint density at radius 3 is 1.44 bits per heavy atom. The Morgan fingerprint density at radius 2 is 1.12 bits per heavy atom. The molecule has 2 aliphatic rings. The monoisotopic (exact) mass is 506 g/mol. The molecule has 2 atom stereocenters. The van der Waals surface area contributed by atoms with Crippen molar-refractivity contribution in [2.24, 2.45) is 0 Å². The van der Waals surface area contributed by atoms with Crippen LogP contribution < -0.4 is 21.8 Å². The highest BCUT2D eigenvalue weighted by atomic mass is 35.5. The largest absolute Gasteiger partial charge is 0.408 e. The van der Waals surface area contributed by atoms with Gasteiger partial charge in [0, 0.05) is 25.2 Å². The lowest BCUT2D eigenvalue weighted by atomic mass is 10.1. The molecule has 2 N–H and O–H groups in total. The smallest absolute Gasteiger partial charge is 0.344 e. The van der Waals surface area contributed by atoms with Crippen molar-refractivity contribution >= 4 is 35.1 Å². The maximum absolute atomic E-state index is 12.4. The second-order valence-electron chi connectivity index (χ2n) is 6.84. The van der Waals surface area contributed by atoms with Crippen LogP contribution in [0.1, 0.15) is 12.8 Å². The molecule has 2 aromatic rings. The predicted octanol–water partition coefficient (Wildman–Crippen LogP) is 3.29. The second kappa shape index (κ2) is 8.81. The predicted molar refractivity (Wildman–Crippen MR) is 103 cm³/mol. The molecule has 0 saturated heterocycles. The van der Waals surface area contributed by atoms with Gasteiger partial charge in [-0.1, -0.05) is 23.2 Å². The molecular weight excluding hydrogens is 493 g/mol. The van der Waals surface area contributed by atoms with Gasteiger partial charge in [-0.15, -0.1) is 0 Å². The van der Waals surface area contributed by atoms with Crippen molar-refractivity contribution in [2.75, 3.05) is 10.6 Å². The van der Waals surface area contributed by atoms with E-state index in [1.54, 1.807) is 0 Å². The van der Waals surface area contributed by atoms with Crippen LogP contribution in [0.5, 0.6) is 0 Å². The van der Waals surface area contributed by atoms with E-state index in [0.29, 0.717) is 0 Å². The SMILES string of the molecule is O=c1cc(Cl)nc2n1CC[C@@H](C(F)(F)F)N2.O=c1cc(Cl)nc2n1CC[C@H](C(F)(F)F)N2. The number of nitrogens with zero attached hydrogens (tertiary/aromatic N) is 4. The minimum Gasteiger partial charge on any atom is -0.344 e. The summed E-state index contributed by atoms with van der Waals surface area (Å²) in [6, 6.07) is -1.22. The molecule has 4 heterocycles. The van der Waals surface area contributed by atoms with Gasteiger partial charge in [0.2, 0.25) is 11.9 Å². The Kier molecular flexibility index (Phi) is 6.65. The molecule has 0 unspecified atom stereocenters. The molecule has 0 fully saturated rings. The highest BCUT2D eigenvalue weighted by molar-refractivity contribution is 6.29. The Hall–Kier alpha value is -2.48. The van der Waals surface area contributed by atoms with Crippen molar-refractivity contribution in [3.8, 4) is 0 Å². The first kappa shape index (κ1) is 24.2. The van der Waals surface area contributed by atoms with E-state index in [1.165, 1.54) is 0 Å². The molecule has 0 saturated carbocycles. The third-order valence-corrected chi connectivity index (χ3v) is 5.02. The molecule has 8 nitrogen and oxygen atoms in total. The Labute approximate surface area is 185 Å². The minimum absolute atomic E-state index is 0.0183. The van der Waals surface area contributed by atoms with Crippen LogP contribution in [-0.2, 0) is 13.1 Å². The van der Waals surface area contributed by atoms with Crippen LogP contribution in [0.4, 0.5) is 38.2 Å². The minimum atomic E-state index is -4.36. The summed E-state index contributed by atoms with van der Waals surface area (Å²) in [6.45, 7) is -0.0367. The molecule has 32 heavy (non-hydrogen) atoms. The number of hydrogen-bond acceptors (Lipinski definition) is 6. The molecule has 176 valence electrons. The summed E-state index contributed by atoms with van der Waals surface area (Å²) in [5.41, 5.74) is -0.911. The van der Waals surface area contributed by atoms with Crippen molar-refractivity contribution in [2.45, 2.75) is 50.4 Å². The quantitative estimate of drug-likeness (QED) is 0.420. The van der Waals surface area contributed by atoms with E-state index in [9.17, 15) is 35.9 Å². The highest BCUT2D eigenvalue weighted by Crippen LogP contribution is 2.29. The molecule has 2 aliphatic heterocycles. The third kappa shape index (κ3) is 5.46. The number of fused-ring (bicyclic) bond motifs is 2. The zero-order valence-electron chi connectivity index (χ0n) is 15.8. The lowest BCUT2D eigenvalue weighted by molar-refractivity contribution is -0.146. The van der Waals surface area contributed by atoms with E-state index >= 15 is 0 Å². The van der Waals surface area contributed by atoms with E-state index < -0.39 is 35.6 Å². The van der Waals surface area contributed by atoms with Crippen LogP contribution in [0, 0.1) is 0 Å². The Morgan fingerprint density at radius 1 is 0.781 bits per heavy atom. The lowest BCUT2D eigenvalue weighted by Gasteiger charge is -2.28. The van der Waals surface area contributed by atoms with E-state index in [1.807, 2.05) is 0 Å². The normalized spacial score (nSPS) is 20.1. The summed E-state index contributed by atoms with van der Waals surface area (Å²) in [5.74, 6) is -0.267. The molecule has 0 spiro atoms. The second-order valence-corrected chi connectivity index (χ2v) is 7.61.